The van der Waals surface area contributed by atoms with Crippen molar-refractivity contribution in [1.29, 1.82) is 0 Å². The first-order chi connectivity index (χ1) is 11.6. The lowest BCUT2D eigenvalue weighted by Gasteiger charge is -2.19. The quantitative estimate of drug-likeness (QED) is 0.499. The Morgan fingerprint density at radius 1 is 0.958 bits per heavy atom. The Bertz CT molecular complexity index is 529. The number of hydrogen-bond donors (Lipinski definition) is 3. The second-order valence-electron chi connectivity index (χ2n) is 6.32. The molecule has 4 N–H and O–H groups in total. The fourth-order valence-electron chi connectivity index (χ4n) is 2.74. The van der Waals surface area contributed by atoms with Gasteiger partial charge < -0.3 is 16.4 Å². The van der Waals surface area contributed by atoms with Crippen molar-refractivity contribution in [2.24, 2.45) is 5.73 Å². The van der Waals surface area contributed by atoms with Crippen LogP contribution in [0.3, 0.4) is 0 Å². The summed E-state index contributed by atoms with van der Waals surface area (Å²) in [6.45, 7) is 10.2. The number of carbonyl (C=O) groups excluding carboxylic acids is 1. The maximum absolute atomic E-state index is 12.0. The molecule has 0 bridgehead atoms. The molecule has 0 unspecified atom stereocenters. The van der Waals surface area contributed by atoms with Gasteiger partial charge in [0.1, 0.15) is 11.6 Å². The zero-order chi connectivity index (χ0) is 17.9. The van der Waals surface area contributed by atoms with Crippen LogP contribution >= 0.6 is 0 Å². The lowest BCUT2D eigenvalue weighted by atomic mass is 9.98. The summed E-state index contributed by atoms with van der Waals surface area (Å²) in [5, 5.41) is 6.76. The van der Waals surface area contributed by atoms with E-state index in [1.807, 2.05) is 6.92 Å². The number of unbranched alkanes of at least 4 members (excludes halogenated alkanes) is 3. The molecule has 0 aliphatic heterocycles. The minimum atomic E-state index is -0.406. The van der Waals surface area contributed by atoms with Crippen LogP contribution in [0.25, 0.3) is 0 Å². The number of nitrogens with two attached hydrogens (primary N) is 1. The Morgan fingerprint density at radius 2 is 1.50 bits per heavy atom. The molecule has 1 heterocycles. The molecule has 0 spiro atoms. The summed E-state index contributed by atoms with van der Waals surface area (Å²) >= 11 is 0. The molecule has 0 saturated carbocycles. The van der Waals surface area contributed by atoms with Crippen LogP contribution in [0.4, 0.5) is 11.6 Å². The van der Waals surface area contributed by atoms with E-state index in [-0.39, 0.29) is 0 Å². The highest BCUT2D eigenvalue weighted by Gasteiger charge is 2.20. The van der Waals surface area contributed by atoms with Gasteiger partial charge in [-0.05, 0) is 43.7 Å². The van der Waals surface area contributed by atoms with Gasteiger partial charge in [-0.15, -0.1) is 0 Å². The van der Waals surface area contributed by atoms with Crippen LogP contribution < -0.4 is 16.4 Å². The Kier molecular flexibility index (Phi) is 9.20. The van der Waals surface area contributed by atoms with E-state index in [4.69, 9.17) is 10.7 Å². The molecule has 136 valence electrons. The molecule has 0 aliphatic rings. The largest absolute Gasteiger partial charge is 0.370 e. The molecule has 1 aromatic heterocycles. The number of anilines is 2. The number of aromatic nitrogens is 1. The molecular formula is C19H34N4O. The van der Waals surface area contributed by atoms with Gasteiger partial charge in [-0.3, -0.25) is 4.79 Å². The number of nitrogens with zero attached hydrogens (tertiary/aromatic N) is 1. The zero-order valence-electron chi connectivity index (χ0n) is 15.8. The average molecular weight is 335 g/mol. The number of amides is 1. The summed E-state index contributed by atoms with van der Waals surface area (Å²) < 4.78 is 0. The molecular weight excluding hydrogens is 300 g/mol. The third-order valence-electron chi connectivity index (χ3n) is 4.25. The van der Waals surface area contributed by atoms with Gasteiger partial charge in [0.15, 0.2) is 0 Å². The molecule has 0 aliphatic carbocycles. The SMILES string of the molecule is CCCCNc1nc(NCCCC)c(C(N)=O)c(C)c1CCCC. The van der Waals surface area contributed by atoms with Gasteiger partial charge in [0.25, 0.3) is 5.91 Å². The van der Waals surface area contributed by atoms with Crippen LogP contribution in [-0.4, -0.2) is 24.0 Å². The summed E-state index contributed by atoms with van der Waals surface area (Å²) in [7, 11) is 0. The molecule has 5 nitrogen and oxygen atoms in total. The number of rotatable bonds is 12. The van der Waals surface area contributed by atoms with Gasteiger partial charge >= 0.3 is 0 Å². The van der Waals surface area contributed by atoms with E-state index in [2.05, 4.69) is 31.4 Å². The van der Waals surface area contributed by atoms with Crippen molar-refractivity contribution in [1.82, 2.24) is 4.98 Å². The first-order valence-electron chi connectivity index (χ1n) is 9.37. The Hall–Kier alpha value is -1.78. The van der Waals surface area contributed by atoms with E-state index < -0.39 is 5.91 Å². The van der Waals surface area contributed by atoms with Crippen molar-refractivity contribution in [3.8, 4) is 0 Å². The molecule has 1 amide bonds. The van der Waals surface area contributed by atoms with E-state index in [0.717, 1.165) is 75.0 Å². The van der Waals surface area contributed by atoms with Crippen LogP contribution in [0.5, 0.6) is 0 Å². The van der Waals surface area contributed by atoms with Gasteiger partial charge in [-0.1, -0.05) is 40.0 Å². The third kappa shape index (κ3) is 5.69. The monoisotopic (exact) mass is 334 g/mol. The zero-order valence-corrected chi connectivity index (χ0v) is 15.8. The second kappa shape index (κ2) is 10.9. The van der Waals surface area contributed by atoms with Gasteiger partial charge in [0.2, 0.25) is 0 Å². The van der Waals surface area contributed by atoms with Crippen LogP contribution in [0, 0.1) is 6.92 Å². The van der Waals surface area contributed by atoms with E-state index in [9.17, 15) is 4.79 Å². The molecule has 5 heteroatoms. The highest BCUT2D eigenvalue weighted by atomic mass is 16.1. The minimum Gasteiger partial charge on any atom is -0.370 e. The topological polar surface area (TPSA) is 80.0 Å². The molecule has 0 radical (unpaired) electrons. The fourth-order valence-corrected chi connectivity index (χ4v) is 2.74. The second-order valence-corrected chi connectivity index (χ2v) is 6.32. The van der Waals surface area contributed by atoms with Crippen molar-refractivity contribution in [3.63, 3.8) is 0 Å². The molecule has 0 aromatic carbocycles. The molecule has 24 heavy (non-hydrogen) atoms. The number of primary amides is 1. The number of nitrogens with one attached hydrogen (secondary N) is 2. The van der Waals surface area contributed by atoms with Gasteiger partial charge in [0.05, 0.1) is 5.56 Å². The molecule has 0 fully saturated rings. The first-order valence-corrected chi connectivity index (χ1v) is 9.37. The van der Waals surface area contributed by atoms with Crippen LogP contribution in [-0.2, 0) is 6.42 Å². The van der Waals surface area contributed by atoms with Gasteiger partial charge in [0, 0.05) is 13.1 Å². The number of pyridine rings is 1. The first kappa shape index (κ1) is 20.3. The van der Waals surface area contributed by atoms with Crippen molar-refractivity contribution in [2.45, 2.75) is 72.6 Å². The molecule has 1 rings (SSSR count). The summed E-state index contributed by atoms with van der Waals surface area (Å²) in [5.41, 5.74) is 8.28. The standard InChI is InChI=1S/C19H34N4O/c1-5-8-11-15-14(4)16(17(20)24)19(22-13-10-7-3)23-18(15)21-12-9-6-2/h5-13H2,1-4H3,(H2,20,24)(H2,21,22,23). The number of hydrogen-bond acceptors (Lipinski definition) is 4. The summed E-state index contributed by atoms with van der Waals surface area (Å²) in [6, 6.07) is 0. The minimum absolute atomic E-state index is 0.406. The molecule has 0 saturated heterocycles. The average Bonchev–Trinajstić information content (AvgIpc) is 2.54. The van der Waals surface area contributed by atoms with Crippen LogP contribution in [0.2, 0.25) is 0 Å². The molecule has 1 aromatic rings. The maximum Gasteiger partial charge on any atom is 0.252 e. The Labute approximate surface area is 146 Å². The lowest BCUT2D eigenvalue weighted by Crippen LogP contribution is -2.21. The Morgan fingerprint density at radius 3 is 2.00 bits per heavy atom. The highest BCUT2D eigenvalue weighted by Crippen LogP contribution is 2.28. The smallest absolute Gasteiger partial charge is 0.252 e. The van der Waals surface area contributed by atoms with Crippen molar-refractivity contribution >= 4 is 17.5 Å². The number of carbonyl (C=O) groups is 1. The maximum atomic E-state index is 12.0. The van der Waals surface area contributed by atoms with Crippen molar-refractivity contribution in [3.05, 3.63) is 16.7 Å². The third-order valence-corrected chi connectivity index (χ3v) is 4.25. The van der Waals surface area contributed by atoms with Gasteiger partial charge in [-0.2, -0.15) is 0 Å². The summed E-state index contributed by atoms with van der Waals surface area (Å²) in [5.74, 6) is 1.11. The van der Waals surface area contributed by atoms with E-state index >= 15 is 0 Å². The van der Waals surface area contributed by atoms with Crippen LogP contribution in [0.1, 0.15) is 80.8 Å². The lowest BCUT2D eigenvalue weighted by molar-refractivity contribution is 0.1000. The summed E-state index contributed by atoms with van der Waals surface area (Å²) in [6.07, 6.45) is 7.46. The van der Waals surface area contributed by atoms with Crippen LogP contribution in [0.15, 0.2) is 0 Å². The summed E-state index contributed by atoms with van der Waals surface area (Å²) in [4.78, 5) is 16.7. The van der Waals surface area contributed by atoms with Gasteiger partial charge in [-0.25, -0.2) is 4.98 Å². The normalized spacial score (nSPS) is 10.7. The molecule has 0 atom stereocenters. The highest BCUT2D eigenvalue weighted by molar-refractivity contribution is 6.00. The van der Waals surface area contributed by atoms with E-state index in [1.165, 1.54) is 0 Å². The van der Waals surface area contributed by atoms with E-state index in [0.29, 0.717) is 11.4 Å². The predicted molar refractivity (Wildman–Crippen MR) is 103 cm³/mol. The fraction of sp³-hybridized carbons (Fsp3) is 0.684. The van der Waals surface area contributed by atoms with Crippen molar-refractivity contribution in [2.75, 3.05) is 23.7 Å². The van der Waals surface area contributed by atoms with Crippen molar-refractivity contribution < 1.29 is 4.79 Å². The predicted octanol–water partition coefficient (Wildman–Crippen LogP) is 4.26. The Balaban J connectivity index is 3.22. The van der Waals surface area contributed by atoms with E-state index in [1.54, 1.807) is 0 Å².